The van der Waals surface area contributed by atoms with E-state index >= 15 is 0 Å². The minimum atomic E-state index is -0.448. The van der Waals surface area contributed by atoms with Crippen LogP contribution in [0.25, 0.3) is 0 Å². The van der Waals surface area contributed by atoms with Crippen LogP contribution in [0.2, 0.25) is 0 Å². The van der Waals surface area contributed by atoms with Crippen molar-refractivity contribution in [1.82, 2.24) is 9.78 Å². The molecular weight excluding hydrogens is 386 g/mol. The minimum absolute atomic E-state index is 0.106. The molecule has 2 heterocycles. The number of phenolic OH excluding ortho intramolecular Hbond substituents is 1. The molecule has 1 aromatic heterocycles. The topological polar surface area (TPSA) is 106 Å². The summed E-state index contributed by atoms with van der Waals surface area (Å²) in [4.78, 5) is 25.6. The van der Waals surface area contributed by atoms with Crippen molar-refractivity contribution in [2.45, 2.75) is 63.3 Å². The van der Waals surface area contributed by atoms with Crippen molar-refractivity contribution < 1.29 is 19.4 Å². The number of ether oxygens (including phenoxy) is 2. The van der Waals surface area contributed by atoms with Crippen molar-refractivity contribution in [3.8, 4) is 17.2 Å². The van der Waals surface area contributed by atoms with Gasteiger partial charge in [0.25, 0.3) is 5.56 Å². The number of nitrogens with zero attached hydrogens (tertiary/aromatic N) is 1. The van der Waals surface area contributed by atoms with E-state index < -0.39 is 5.92 Å². The zero-order valence-electron chi connectivity index (χ0n) is 17.5. The van der Waals surface area contributed by atoms with Crippen molar-refractivity contribution in [1.29, 1.82) is 0 Å². The fourth-order valence-electron chi connectivity index (χ4n) is 4.75. The number of methoxy groups -OCH3 is 2. The van der Waals surface area contributed by atoms with Crippen LogP contribution in [0.1, 0.15) is 74.5 Å². The van der Waals surface area contributed by atoms with Gasteiger partial charge < -0.3 is 19.9 Å². The average molecular weight is 415 g/mol. The van der Waals surface area contributed by atoms with E-state index in [-0.39, 0.29) is 41.2 Å². The third-order valence-corrected chi connectivity index (χ3v) is 6.30. The van der Waals surface area contributed by atoms with Gasteiger partial charge in [0.05, 0.1) is 25.8 Å². The fourth-order valence-corrected chi connectivity index (χ4v) is 4.75. The van der Waals surface area contributed by atoms with E-state index in [0.29, 0.717) is 16.9 Å². The smallest absolute Gasteiger partial charge is 0.270 e. The predicted octanol–water partition coefficient (Wildman–Crippen LogP) is 3.66. The monoisotopic (exact) mass is 415 g/mol. The van der Waals surface area contributed by atoms with Crippen LogP contribution in [-0.2, 0) is 4.79 Å². The predicted molar refractivity (Wildman–Crippen MR) is 113 cm³/mol. The number of carbonyl (C=O) groups is 1. The van der Waals surface area contributed by atoms with E-state index in [2.05, 4.69) is 10.4 Å². The van der Waals surface area contributed by atoms with E-state index in [9.17, 15) is 14.7 Å². The number of anilines is 1. The van der Waals surface area contributed by atoms with Gasteiger partial charge in [-0.2, -0.15) is 0 Å². The van der Waals surface area contributed by atoms with Crippen molar-refractivity contribution in [3.63, 3.8) is 0 Å². The molecular formula is C22H29N3O5. The number of phenols is 1. The number of aromatic amines is 1. The van der Waals surface area contributed by atoms with E-state index in [1.165, 1.54) is 33.5 Å². The van der Waals surface area contributed by atoms with Gasteiger partial charge in [-0.05, 0) is 30.5 Å². The highest BCUT2D eigenvalue weighted by atomic mass is 16.5. The SMILES string of the molecule is COc1cc(C2CC(=O)Nc3c2c(=O)[nH]n3C2CCCCCCC2)cc(OC)c1O. The van der Waals surface area contributed by atoms with Gasteiger partial charge in [0, 0.05) is 12.3 Å². The van der Waals surface area contributed by atoms with Crippen LogP contribution < -0.4 is 20.3 Å². The van der Waals surface area contributed by atoms with Gasteiger partial charge in [0.15, 0.2) is 11.5 Å². The van der Waals surface area contributed by atoms with E-state index in [1.54, 1.807) is 12.1 Å². The molecule has 1 aromatic carbocycles. The molecule has 162 valence electrons. The Labute approximate surface area is 175 Å². The largest absolute Gasteiger partial charge is 0.502 e. The maximum atomic E-state index is 13.0. The van der Waals surface area contributed by atoms with Crippen LogP contribution in [-0.4, -0.2) is 35.0 Å². The van der Waals surface area contributed by atoms with E-state index in [4.69, 9.17) is 9.47 Å². The number of H-pyrrole nitrogens is 1. The zero-order valence-corrected chi connectivity index (χ0v) is 17.5. The average Bonchev–Trinajstić information content (AvgIpc) is 3.03. The molecule has 2 aliphatic rings. The molecule has 3 N–H and O–H groups in total. The Kier molecular flexibility index (Phi) is 5.74. The molecule has 4 rings (SSSR count). The summed E-state index contributed by atoms with van der Waals surface area (Å²) in [6, 6.07) is 3.50. The number of fused-ring (bicyclic) bond motifs is 1. The molecule has 1 amide bonds. The first-order valence-electron chi connectivity index (χ1n) is 10.6. The van der Waals surface area contributed by atoms with Crippen LogP contribution >= 0.6 is 0 Å². The number of hydrogen-bond donors (Lipinski definition) is 3. The van der Waals surface area contributed by atoms with Gasteiger partial charge in [0.1, 0.15) is 5.82 Å². The molecule has 0 spiro atoms. The number of rotatable bonds is 4. The maximum absolute atomic E-state index is 13.0. The highest BCUT2D eigenvalue weighted by Gasteiger charge is 2.35. The van der Waals surface area contributed by atoms with Crippen molar-refractivity contribution in [3.05, 3.63) is 33.6 Å². The Hall–Kier alpha value is -2.90. The summed E-state index contributed by atoms with van der Waals surface area (Å²) in [6.45, 7) is 0. The molecule has 1 aliphatic carbocycles. The molecule has 8 heteroatoms. The Bertz CT molecular complexity index is 960. The lowest BCUT2D eigenvalue weighted by atomic mass is 9.86. The van der Waals surface area contributed by atoms with Gasteiger partial charge in [0.2, 0.25) is 11.7 Å². The first-order valence-corrected chi connectivity index (χ1v) is 10.6. The number of nitrogens with one attached hydrogen (secondary N) is 2. The molecule has 8 nitrogen and oxygen atoms in total. The van der Waals surface area contributed by atoms with Crippen molar-refractivity contribution in [2.24, 2.45) is 0 Å². The number of benzene rings is 1. The van der Waals surface area contributed by atoms with Gasteiger partial charge in [-0.3, -0.25) is 19.4 Å². The quantitative estimate of drug-likeness (QED) is 0.707. The first-order chi connectivity index (χ1) is 14.5. The highest BCUT2D eigenvalue weighted by Crippen LogP contribution is 2.44. The summed E-state index contributed by atoms with van der Waals surface area (Å²) < 4.78 is 12.4. The third-order valence-electron chi connectivity index (χ3n) is 6.30. The number of amides is 1. The summed E-state index contributed by atoms with van der Waals surface area (Å²) in [7, 11) is 2.91. The number of aromatic hydroxyl groups is 1. The Morgan fingerprint density at radius 2 is 1.60 bits per heavy atom. The highest BCUT2D eigenvalue weighted by molar-refractivity contribution is 5.94. The first kappa shape index (κ1) is 20.4. The molecule has 0 saturated heterocycles. The van der Waals surface area contributed by atoms with Crippen molar-refractivity contribution >= 4 is 11.7 Å². The van der Waals surface area contributed by atoms with Crippen LogP contribution in [0.4, 0.5) is 5.82 Å². The van der Waals surface area contributed by atoms with Gasteiger partial charge in [-0.1, -0.05) is 32.1 Å². The number of hydrogen-bond acceptors (Lipinski definition) is 5. The third kappa shape index (κ3) is 3.66. The Balaban J connectivity index is 1.79. The number of carbonyl (C=O) groups excluding carboxylic acids is 1. The molecule has 1 aliphatic heterocycles. The number of aromatic nitrogens is 2. The fraction of sp³-hybridized carbons (Fsp3) is 0.545. The lowest BCUT2D eigenvalue weighted by Crippen LogP contribution is -2.27. The van der Waals surface area contributed by atoms with Crippen LogP contribution in [0.3, 0.4) is 0 Å². The minimum Gasteiger partial charge on any atom is -0.502 e. The second-order valence-electron chi connectivity index (χ2n) is 8.15. The molecule has 0 bridgehead atoms. The molecule has 2 aromatic rings. The zero-order chi connectivity index (χ0) is 21.3. The van der Waals surface area contributed by atoms with Gasteiger partial charge in [-0.25, -0.2) is 0 Å². The summed E-state index contributed by atoms with van der Waals surface area (Å²) in [5.74, 6) is 0.358. The molecule has 1 unspecified atom stereocenters. The molecule has 1 atom stereocenters. The standard InChI is InChI=1S/C22H29N3O5/c1-29-16-10-13(11-17(30-2)20(16)27)15-12-18(26)23-21-19(15)22(28)24-25(21)14-8-6-4-3-5-7-9-14/h10-11,14-15,27H,3-9,12H2,1-2H3,(H,23,26)(H,24,28). The van der Waals surface area contributed by atoms with Gasteiger partial charge in [-0.15, -0.1) is 0 Å². The summed E-state index contributed by atoms with van der Waals surface area (Å²) >= 11 is 0. The van der Waals surface area contributed by atoms with Crippen LogP contribution in [0.5, 0.6) is 17.2 Å². The van der Waals surface area contributed by atoms with Crippen LogP contribution in [0.15, 0.2) is 16.9 Å². The summed E-state index contributed by atoms with van der Waals surface area (Å²) in [6.07, 6.45) is 8.00. The lowest BCUT2D eigenvalue weighted by molar-refractivity contribution is -0.116. The molecule has 1 fully saturated rings. The Morgan fingerprint density at radius 3 is 2.20 bits per heavy atom. The van der Waals surface area contributed by atoms with Gasteiger partial charge >= 0.3 is 0 Å². The lowest BCUT2D eigenvalue weighted by Gasteiger charge is -2.27. The van der Waals surface area contributed by atoms with E-state index in [0.717, 1.165) is 25.7 Å². The molecule has 30 heavy (non-hydrogen) atoms. The normalized spacial score (nSPS) is 20.1. The van der Waals surface area contributed by atoms with Crippen LogP contribution in [0, 0.1) is 0 Å². The molecule has 1 saturated carbocycles. The maximum Gasteiger partial charge on any atom is 0.270 e. The van der Waals surface area contributed by atoms with E-state index in [1.807, 2.05) is 4.68 Å². The summed E-state index contributed by atoms with van der Waals surface area (Å²) in [5.41, 5.74) is 1.05. The van der Waals surface area contributed by atoms with Crippen molar-refractivity contribution in [2.75, 3.05) is 19.5 Å². The summed E-state index contributed by atoms with van der Waals surface area (Å²) in [5, 5.41) is 16.2. The second-order valence-corrected chi connectivity index (χ2v) is 8.15. The molecule has 0 radical (unpaired) electrons. The second kappa shape index (κ2) is 8.45. The Morgan fingerprint density at radius 1 is 1.00 bits per heavy atom.